The number of hydrogen-bond donors (Lipinski definition) is 0. The minimum Gasteiger partial charge on any atom is -0.469 e. The number of benzene rings is 1. The van der Waals surface area contributed by atoms with E-state index in [2.05, 4.69) is 0 Å². The van der Waals surface area contributed by atoms with Crippen LogP contribution in [0.5, 0.6) is 0 Å². The monoisotopic (exact) mass is 364 g/mol. The van der Waals surface area contributed by atoms with Crippen LogP contribution in [0.3, 0.4) is 0 Å². The molecule has 25 heavy (non-hydrogen) atoms. The average molecular weight is 365 g/mol. The Labute approximate surface area is 151 Å². The second-order valence-corrected chi connectivity index (χ2v) is 6.84. The van der Waals surface area contributed by atoms with Crippen LogP contribution in [0.4, 0.5) is 5.69 Å². The summed E-state index contributed by atoms with van der Waals surface area (Å²) < 4.78 is 4.78. The number of piperidine rings is 1. The van der Waals surface area contributed by atoms with E-state index in [1.165, 1.54) is 7.11 Å². The molecule has 0 unspecified atom stereocenters. The maximum atomic E-state index is 13.0. The summed E-state index contributed by atoms with van der Waals surface area (Å²) in [7, 11) is 1.38. The van der Waals surface area contributed by atoms with Gasteiger partial charge in [-0.1, -0.05) is 11.6 Å². The third-order valence-electron chi connectivity index (χ3n) is 4.87. The lowest BCUT2D eigenvalue weighted by molar-refractivity contribution is -0.146. The summed E-state index contributed by atoms with van der Waals surface area (Å²) in [5.41, 5.74) is 1.06. The first-order chi connectivity index (χ1) is 12.0. The Morgan fingerprint density at radius 1 is 1.20 bits per heavy atom. The first kappa shape index (κ1) is 17.7. The SMILES string of the molecule is COC(=O)C1CCN(C(=O)c2ccc(Cl)cc2N2CCCC2=O)CC1. The van der Waals surface area contributed by atoms with E-state index in [9.17, 15) is 14.4 Å². The Kier molecular flexibility index (Phi) is 5.27. The third kappa shape index (κ3) is 3.63. The molecule has 2 fully saturated rings. The molecule has 0 saturated carbocycles. The highest BCUT2D eigenvalue weighted by molar-refractivity contribution is 6.31. The zero-order valence-electron chi connectivity index (χ0n) is 14.2. The van der Waals surface area contributed by atoms with Gasteiger partial charge in [-0.2, -0.15) is 0 Å². The molecule has 0 aromatic heterocycles. The van der Waals surface area contributed by atoms with Gasteiger partial charge in [-0.15, -0.1) is 0 Å². The fourth-order valence-electron chi connectivity index (χ4n) is 3.47. The van der Waals surface area contributed by atoms with Crippen LogP contribution in [0.2, 0.25) is 5.02 Å². The highest BCUT2D eigenvalue weighted by Crippen LogP contribution is 2.30. The van der Waals surface area contributed by atoms with E-state index < -0.39 is 0 Å². The first-order valence-corrected chi connectivity index (χ1v) is 8.86. The smallest absolute Gasteiger partial charge is 0.308 e. The Morgan fingerprint density at radius 3 is 2.52 bits per heavy atom. The van der Waals surface area contributed by atoms with Crippen LogP contribution in [0.1, 0.15) is 36.0 Å². The second-order valence-electron chi connectivity index (χ2n) is 6.40. The zero-order valence-corrected chi connectivity index (χ0v) is 14.9. The van der Waals surface area contributed by atoms with Crippen molar-refractivity contribution in [2.75, 3.05) is 31.6 Å². The summed E-state index contributed by atoms with van der Waals surface area (Å²) in [5.74, 6) is -0.490. The summed E-state index contributed by atoms with van der Waals surface area (Å²) in [4.78, 5) is 40.1. The number of esters is 1. The minimum absolute atomic E-state index is 0.0146. The van der Waals surface area contributed by atoms with Crippen molar-refractivity contribution in [1.29, 1.82) is 0 Å². The number of carbonyl (C=O) groups is 3. The molecule has 2 aliphatic rings. The molecule has 7 heteroatoms. The number of likely N-dealkylation sites (tertiary alicyclic amines) is 1. The maximum Gasteiger partial charge on any atom is 0.308 e. The van der Waals surface area contributed by atoms with Gasteiger partial charge in [-0.25, -0.2) is 0 Å². The molecule has 0 radical (unpaired) electrons. The van der Waals surface area contributed by atoms with Crippen molar-refractivity contribution in [1.82, 2.24) is 4.90 Å². The van der Waals surface area contributed by atoms with Gasteiger partial charge < -0.3 is 14.5 Å². The van der Waals surface area contributed by atoms with Crippen LogP contribution < -0.4 is 4.90 Å². The van der Waals surface area contributed by atoms with Gasteiger partial charge in [0.2, 0.25) is 5.91 Å². The molecule has 1 aromatic rings. The predicted molar refractivity (Wildman–Crippen MR) is 93.7 cm³/mol. The number of hydrogen-bond acceptors (Lipinski definition) is 4. The molecular formula is C18H21ClN2O4. The lowest BCUT2D eigenvalue weighted by Crippen LogP contribution is -2.41. The number of halogens is 1. The van der Waals surface area contributed by atoms with Crippen LogP contribution in [0.25, 0.3) is 0 Å². The number of carbonyl (C=O) groups excluding carboxylic acids is 3. The van der Waals surface area contributed by atoms with Crippen molar-refractivity contribution >= 4 is 35.1 Å². The number of nitrogens with zero attached hydrogens (tertiary/aromatic N) is 2. The number of amides is 2. The number of ether oxygens (including phenoxy) is 1. The highest BCUT2D eigenvalue weighted by atomic mass is 35.5. The molecule has 6 nitrogen and oxygen atoms in total. The van der Waals surface area contributed by atoms with Gasteiger partial charge in [-0.3, -0.25) is 14.4 Å². The van der Waals surface area contributed by atoms with Gasteiger partial charge >= 0.3 is 5.97 Å². The molecular weight excluding hydrogens is 344 g/mol. The molecule has 0 atom stereocenters. The van der Waals surface area contributed by atoms with Gasteiger partial charge in [0.1, 0.15) is 0 Å². The molecule has 0 N–H and O–H groups in total. The van der Waals surface area contributed by atoms with E-state index in [-0.39, 0.29) is 23.7 Å². The largest absolute Gasteiger partial charge is 0.469 e. The van der Waals surface area contributed by atoms with Crippen LogP contribution in [0.15, 0.2) is 18.2 Å². The molecule has 2 aliphatic heterocycles. The van der Waals surface area contributed by atoms with E-state index in [1.54, 1.807) is 28.0 Å². The molecule has 0 spiro atoms. The van der Waals surface area contributed by atoms with Crippen molar-refractivity contribution in [3.05, 3.63) is 28.8 Å². The van der Waals surface area contributed by atoms with Crippen LogP contribution >= 0.6 is 11.6 Å². The molecule has 1 aromatic carbocycles. The van der Waals surface area contributed by atoms with E-state index >= 15 is 0 Å². The Hall–Kier alpha value is -2.08. The van der Waals surface area contributed by atoms with Gasteiger partial charge in [-0.05, 0) is 37.5 Å². The molecule has 134 valence electrons. The van der Waals surface area contributed by atoms with Gasteiger partial charge in [0, 0.05) is 31.1 Å². The minimum atomic E-state index is -0.220. The van der Waals surface area contributed by atoms with E-state index in [4.69, 9.17) is 16.3 Å². The third-order valence-corrected chi connectivity index (χ3v) is 5.11. The Morgan fingerprint density at radius 2 is 1.92 bits per heavy atom. The Bertz CT molecular complexity index is 698. The number of anilines is 1. The van der Waals surface area contributed by atoms with Crippen molar-refractivity contribution < 1.29 is 19.1 Å². The fourth-order valence-corrected chi connectivity index (χ4v) is 3.63. The highest BCUT2D eigenvalue weighted by Gasteiger charge is 2.31. The molecule has 2 saturated heterocycles. The van der Waals surface area contributed by atoms with Gasteiger partial charge in [0.05, 0.1) is 24.3 Å². The van der Waals surface area contributed by atoms with E-state index in [1.807, 2.05) is 0 Å². The normalized spacial score (nSPS) is 18.6. The van der Waals surface area contributed by atoms with Gasteiger partial charge in [0.15, 0.2) is 0 Å². The number of methoxy groups -OCH3 is 1. The zero-order chi connectivity index (χ0) is 18.0. The molecule has 3 rings (SSSR count). The number of rotatable bonds is 3. The quantitative estimate of drug-likeness (QED) is 0.773. The van der Waals surface area contributed by atoms with Crippen molar-refractivity contribution in [2.24, 2.45) is 5.92 Å². The summed E-state index contributed by atoms with van der Waals surface area (Å²) >= 11 is 6.09. The van der Waals surface area contributed by atoms with E-state index in [0.717, 1.165) is 6.42 Å². The molecule has 2 heterocycles. The maximum absolute atomic E-state index is 13.0. The Balaban J connectivity index is 1.79. The average Bonchev–Trinajstić information content (AvgIpc) is 3.06. The second kappa shape index (κ2) is 7.44. The van der Waals surface area contributed by atoms with Crippen molar-refractivity contribution in [3.8, 4) is 0 Å². The lowest BCUT2D eigenvalue weighted by Gasteiger charge is -2.32. The van der Waals surface area contributed by atoms with Crippen LogP contribution in [-0.2, 0) is 14.3 Å². The summed E-state index contributed by atoms with van der Waals surface area (Å²) in [6, 6.07) is 5.03. The topological polar surface area (TPSA) is 66.9 Å². The summed E-state index contributed by atoms with van der Waals surface area (Å²) in [5, 5.41) is 0.496. The standard InChI is InChI=1S/C18H21ClN2O4/c1-25-18(24)12-6-9-20(10-7-12)17(23)14-5-4-13(19)11-15(14)21-8-2-3-16(21)22/h4-5,11-12H,2-3,6-10H2,1H3. The van der Waals surface area contributed by atoms with Gasteiger partial charge in [0.25, 0.3) is 5.91 Å². The summed E-state index contributed by atoms with van der Waals surface area (Å²) in [6.07, 6.45) is 2.45. The van der Waals surface area contributed by atoms with Crippen LogP contribution in [0, 0.1) is 5.92 Å². The molecule has 2 amide bonds. The molecule has 0 aliphatic carbocycles. The molecule has 0 bridgehead atoms. The van der Waals surface area contributed by atoms with Crippen molar-refractivity contribution in [2.45, 2.75) is 25.7 Å². The fraction of sp³-hybridized carbons (Fsp3) is 0.500. The van der Waals surface area contributed by atoms with E-state index in [0.29, 0.717) is 55.2 Å². The lowest BCUT2D eigenvalue weighted by atomic mass is 9.96. The van der Waals surface area contributed by atoms with Crippen molar-refractivity contribution in [3.63, 3.8) is 0 Å². The van der Waals surface area contributed by atoms with Crippen LogP contribution in [-0.4, -0.2) is 49.4 Å². The summed E-state index contributed by atoms with van der Waals surface area (Å²) in [6.45, 7) is 1.59. The first-order valence-electron chi connectivity index (χ1n) is 8.48. The predicted octanol–water partition coefficient (Wildman–Crippen LogP) is 2.49.